The second kappa shape index (κ2) is 14.6. The molecule has 0 radical (unpaired) electrons. The lowest BCUT2D eigenvalue weighted by molar-refractivity contribution is -0.140. The number of benzene rings is 4. The van der Waals surface area contributed by atoms with Gasteiger partial charge in [-0.1, -0.05) is 72.1 Å². The van der Waals surface area contributed by atoms with Crippen molar-refractivity contribution in [1.82, 2.24) is 10.2 Å². The first kappa shape index (κ1) is 32.9. The minimum Gasteiger partial charge on any atom is -0.457 e. The van der Waals surface area contributed by atoms with Crippen LogP contribution < -0.4 is 14.4 Å². The highest BCUT2D eigenvalue weighted by Crippen LogP contribution is 2.30. The smallest absolute Gasteiger partial charge is 0.264 e. The minimum atomic E-state index is -4.23. The Morgan fingerprint density at radius 2 is 1.43 bits per heavy atom. The SMILES string of the molecule is CCC(C(=O)NC)N(Cc1c(Cl)cccc1Cl)C(=O)CN(c1ccc(Oc2ccccc2)cc1)S(=O)(=O)c1ccc(C)cc1. The van der Waals surface area contributed by atoms with Crippen molar-refractivity contribution in [2.45, 2.75) is 37.8 Å². The van der Waals surface area contributed by atoms with Crippen molar-refractivity contribution < 1.29 is 22.7 Å². The molecule has 0 spiro atoms. The summed E-state index contributed by atoms with van der Waals surface area (Å²) in [5, 5.41) is 3.23. The van der Waals surface area contributed by atoms with Crippen LogP contribution in [0.15, 0.2) is 102 Å². The van der Waals surface area contributed by atoms with Crippen LogP contribution in [0.2, 0.25) is 10.0 Å². The van der Waals surface area contributed by atoms with Crippen molar-refractivity contribution in [3.8, 4) is 11.5 Å². The number of ether oxygens (including phenoxy) is 1. The van der Waals surface area contributed by atoms with Gasteiger partial charge in [-0.25, -0.2) is 8.42 Å². The van der Waals surface area contributed by atoms with Gasteiger partial charge in [-0.2, -0.15) is 0 Å². The predicted molar refractivity (Wildman–Crippen MR) is 174 cm³/mol. The number of para-hydroxylation sites is 1. The van der Waals surface area contributed by atoms with E-state index in [-0.39, 0.29) is 23.5 Å². The highest BCUT2D eigenvalue weighted by Gasteiger charge is 2.34. The average Bonchev–Trinajstić information content (AvgIpc) is 3.02. The summed E-state index contributed by atoms with van der Waals surface area (Å²) >= 11 is 12.9. The molecule has 44 heavy (non-hydrogen) atoms. The van der Waals surface area contributed by atoms with E-state index in [1.54, 1.807) is 73.7 Å². The maximum absolute atomic E-state index is 14.1. The van der Waals surface area contributed by atoms with Crippen LogP contribution in [0.25, 0.3) is 0 Å². The van der Waals surface area contributed by atoms with Crippen molar-refractivity contribution >= 4 is 50.7 Å². The number of halogens is 2. The summed E-state index contributed by atoms with van der Waals surface area (Å²) in [5.74, 6) is 0.0870. The molecular weight excluding hydrogens is 621 g/mol. The number of sulfonamides is 1. The monoisotopic (exact) mass is 653 g/mol. The van der Waals surface area contributed by atoms with Crippen LogP contribution in [0.4, 0.5) is 5.69 Å². The molecule has 0 fully saturated rings. The normalized spacial score (nSPS) is 11.8. The first-order valence-electron chi connectivity index (χ1n) is 13.9. The summed E-state index contributed by atoms with van der Waals surface area (Å²) in [4.78, 5) is 28.4. The summed E-state index contributed by atoms with van der Waals surface area (Å²) in [5.41, 5.74) is 1.57. The molecule has 2 amide bonds. The van der Waals surface area contributed by atoms with E-state index in [4.69, 9.17) is 27.9 Å². The van der Waals surface area contributed by atoms with Gasteiger partial charge >= 0.3 is 0 Å². The van der Waals surface area contributed by atoms with Crippen LogP contribution in [0.5, 0.6) is 11.5 Å². The topological polar surface area (TPSA) is 96.0 Å². The Labute approximate surface area is 268 Å². The van der Waals surface area contributed by atoms with Crippen molar-refractivity contribution in [3.63, 3.8) is 0 Å². The number of aryl methyl sites for hydroxylation is 1. The molecule has 0 aliphatic carbocycles. The van der Waals surface area contributed by atoms with E-state index >= 15 is 0 Å². The zero-order valence-electron chi connectivity index (χ0n) is 24.5. The van der Waals surface area contributed by atoms with Gasteiger partial charge in [0.2, 0.25) is 11.8 Å². The van der Waals surface area contributed by atoms with Gasteiger partial charge < -0.3 is 15.0 Å². The molecule has 230 valence electrons. The van der Waals surface area contributed by atoms with Gasteiger partial charge in [-0.3, -0.25) is 13.9 Å². The summed E-state index contributed by atoms with van der Waals surface area (Å²) < 4.78 is 35.1. The van der Waals surface area contributed by atoms with Gasteiger partial charge in [0.15, 0.2) is 0 Å². The lowest BCUT2D eigenvalue weighted by Crippen LogP contribution is -2.51. The maximum Gasteiger partial charge on any atom is 0.264 e. The average molecular weight is 655 g/mol. The molecule has 4 aromatic carbocycles. The molecule has 0 aliphatic heterocycles. The molecule has 1 N–H and O–H groups in total. The van der Waals surface area contributed by atoms with Crippen molar-refractivity contribution in [3.05, 3.63) is 118 Å². The molecule has 11 heteroatoms. The first-order chi connectivity index (χ1) is 21.0. The van der Waals surface area contributed by atoms with Crippen LogP contribution >= 0.6 is 23.2 Å². The fourth-order valence-corrected chi connectivity index (χ4v) is 6.54. The predicted octanol–water partition coefficient (Wildman–Crippen LogP) is 6.84. The minimum absolute atomic E-state index is 0.0135. The highest BCUT2D eigenvalue weighted by atomic mass is 35.5. The molecule has 1 unspecified atom stereocenters. The maximum atomic E-state index is 14.1. The number of rotatable bonds is 12. The number of hydrogen-bond acceptors (Lipinski definition) is 5. The van der Waals surface area contributed by atoms with Crippen LogP contribution in [-0.4, -0.2) is 44.8 Å². The summed E-state index contributed by atoms with van der Waals surface area (Å²) in [6, 6.07) is 26.0. The Morgan fingerprint density at radius 1 is 0.841 bits per heavy atom. The molecule has 4 aromatic rings. The molecular formula is C33H33Cl2N3O5S. The Morgan fingerprint density at radius 3 is 2.00 bits per heavy atom. The summed E-state index contributed by atoms with van der Waals surface area (Å²) in [6.45, 7) is 2.92. The Bertz CT molecular complexity index is 1680. The second-order valence-electron chi connectivity index (χ2n) is 9.99. The van der Waals surface area contributed by atoms with Gasteiger partial charge in [0.05, 0.1) is 10.6 Å². The van der Waals surface area contributed by atoms with E-state index in [1.165, 1.54) is 24.1 Å². The standard InChI is InChI=1S/C33H33Cl2N3O5S/c1-4-31(33(40)36-3)37(21-28-29(34)11-8-12-30(28)35)32(39)22-38(44(41,42)27-19-13-23(2)14-20-27)24-15-17-26(18-16-24)43-25-9-6-5-7-10-25/h5-20,31H,4,21-22H2,1-3H3,(H,36,40). The quantitative estimate of drug-likeness (QED) is 0.181. The van der Waals surface area contributed by atoms with Crippen molar-refractivity contribution in [2.75, 3.05) is 17.9 Å². The molecule has 0 aliphatic rings. The lowest BCUT2D eigenvalue weighted by atomic mass is 10.1. The van der Waals surface area contributed by atoms with Gasteiger partial charge in [0.1, 0.15) is 24.1 Å². The molecule has 8 nitrogen and oxygen atoms in total. The van der Waals surface area contributed by atoms with Gasteiger partial charge in [0, 0.05) is 29.2 Å². The largest absolute Gasteiger partial charge is 0.457 e. The number of nitrogens with one attached hydrogen (secondary N) is 1. The van der Waals surface area contributed by atoms with Crippen LogP contribution in [-0.2, 0) is 26.2 Å². The number of carbonyl (C=O) groups excluding carboxylic acids is 2. The molecule has 0 aromatic heterocycles. The van der Waals surface area contributed by atoms with E-state index in [2.05, 4.69) is 5.32 Å². The number of carbonyl (C=O) groups is 2. The Balaban J connectivity index is 1.75. The Kier molecular flexibility index (Phi) is 10.9. The third-order valence-electron chi connectivity index (χ3n) is 7.01. The van der Waals surface area contributed by atoms with Gasteiger partial charge in [-0.15, -0.1) is 0 Å². The lowest BCUT2D eigenvalue weighted by Gasteiger charge is -2.33. The van der Waals surface area contributed by atoms with Crippen LogP contribution in [0.3, 0.4) is 0 Å². The fourth-order valence-electron chi connectivity index (χ4n) is 4.61. The summed E-state index contributed by atoms with van der Waals surface area (Å²) in [6.07, 6.45) is 0.268. The Hall–Kier alpha value is -4.05. The first-order valence-corrected chi connectivity index (χ1v) is 16.1. The summed E-state index contributed by atoms with van der Waals surface area (Å²) in [7, 11) is -2.75. The molecule has 0 saturated heterocycles. The number of likely N-dealkylation sites (N-methyl/N-ethyl adjacent to an activating group) is 1. The van der Waals surface area contributed by atoms with Crippen LogP contribution in [0, 0.1) is 6.92 Å². The van der Waals surface area contributed by atoms with Crippen LogP contribution in [0.1, 0.15) is 24.5 Å². The zero-order chi connectivity index (χ0) is 31.9. The second-order valence-corrected chi connectivity index (χ2v) is 12.7. The van der Waals surface area contributed by atoms with Crippen molar-refractivity contribution in [2.24, 2.45) is 0 Å². The van der Waals surface area contributed by atoms with Crippen molar-refractivity contribution in [1.29, 1.82) is 0 Å². The molecule has 0 bridgehead atoms. The highest BCUT2D eigenvalue weighted by molar-refractivity contribution is 7.92. The fraction of sp³-hybridized carbons (Fsp3) is 0.212. The molecule has 0 heterocycles. The number of anilines is 1. The third-order valence-corrected chi connectivity index (χ3v) is 9.51. The number of nitrogens with zero attached hydrogens (tertiary/aromatic N) is 2. The third kappa shape index (κ3) is 7.72. The number of hydrogen-bond donors (Lipinski definition) is 1. The number of amides is 2. The van der Waals surface area contributed by atoms with E-state index in [0.717, 1.165) is 9.87 Å². The molecule has 0 saturated carbocycles. The van der Waals surface area contributed by atoms with E-state index in [0.29, 0.717) is 27.1 Å². The zero-order valence-corrected chi connectivity index (χ0v) is 26.9. The van der Waals surface area contributed by atoms with E-state index < -0.39 is 34.4 Å². The molecule has 1 atom stereocenters. The van der Waals surface area contributed by atoms with E-state index in [9.17, 15) is 18.0 Å². The van der Waals surface area contributed by atoms with Gasteiger partial charge in [-0.05, 0) is 74.0 Å². The van der Waals surface area contributed by atoms with Gasteiger partial charge in [0.25, 0.3) is 10.0 Å². The molecule has 4 rings (SSSR count). The van der Waals surface area contributed by atoms with E-state index in [1.807, 2.05) is 25.1 Å².